The first-order valence-corrected chi connectivity index (χ1v) is 7.38. The number of nitrogens with one attached hydrogen (secondary N) is 1. The van der Waals surface area contributed by atoms with E-state index < -0.39 is 27.1 Å². The van der Waals surface area contributed by atoms with E-state index in [0.717, 1.165) is 0 Å². The normalized spacial score (nSPS) is 18.2. The molecule has 17 heavy (non-hydrogen) atoms. The van der Waals surface area contributed by atoms with Crippen LogP contribution in [0.2, 0.25) is 0 Å². The fraction of sp³-hybridized carbons (Fsp3) is 0.800. The number of rotatable bonds is 6. The van der Waals surface area contributed by atoms with E-state index in [1.165, 1.54) is 6.92 Å². The van der Waals surface area contributed by atoms with E-state index in [0.29, 0.717) is 19.3 Å². The summed E-state index contributed by atoms with van der Waals surface area (Å²) in [5.74, 6) is -1.82. The van der Waals surface area contributed by atoms with E-state index in [2.05, 4.69) is 5.32 Å². The van der Waals surface area contributed by atoms with Gasteiger partial charge in [-0.05, 0) is 12.8 Å². The van der Waals surface area contributed by atoms with Gasteiger partial charge < -0.3 is 10.4 Å². The zero-order chi connectivity index (χ0) is 13.1. The molecule has 0 unspecified atom stereocenters. The van der Waals surface area contributed by atoms with Gasteiger partial charge in [0.2, 0.25) is 5.91 Å². The second kappa shape index (κ2) is 5.03. The minimum Gasteiger partial charge on any atom is -0.480 e. The van der Waals surface area contributed by atoms with E-state index in [-0.39, 0.29) is 18.1 Å². The van der Waals surface area contributed by atoms with Crippen LogP contribution in [-0.4, -0.2) is 43.5 Å². The molecule has 6 nitrogen and oxygen atoms in total. The molecule has 0 aromatic rings. The van der Waals surface area contributed by atoms with Gasteiger partial charge in [0.1, 0.15) is 5.41 Å². The molecule has 2 N–H and O–H groups in total. The number of carbonyl (C=O) groups is 2. The number of amides is 1. The second-order valence-corrected chi connectivity index (χ2v) is 6.71. The summed E-state index contributed by atoms with van der Waals surface area (Å²) >= 11 is 0. The summed E-state index contributed by atoms with van der Waals surface area (Å²) in [5, 5.41) is 11.4. The largest absolute Gasteiger partial charge is 0.480 e. The van der Waals surface area contributed by atoms with Crippen LogP contribution in [0.3, 0.4) is 0 Å². The van der Waals surface area contributed by atoms with Crippen LogP contribution in [0.15, 0.2) is 0 Å². The fourth-order valence-corrected chi connectivity index (χ4v) is 2.40. The topological polar surface area (TPSA) is 101 Å². The SMILES string of the molecule is CCS(=O)(=O)CCNC(=O)C1(C(=O)O)CCC1. The molecule has 1 aliphatic carbocycles. The molecule has 7 heteroatoms. The van der Waals surface area contributed by atoms with Crippen molar-refractivity contribution < 1.29 is 23.1 Å². The van der Waals surface area contributed by atoms with Crippen molar-refractivity contribution in [1.29, 1.82) is 0 Å². The maximum Gasteiger partial charge on any atom is 0.319 e. The van der Waals surface area contributed by atoms with Crippen LogP contribution in [0.4, 0.5) is 0 Å². The Balaban J connectivity index is 2.48. The molecule has 0 saturated heterocycles. The summed E-state index contributed by atoms with van der Waals surface area (Å²) in [6.07, 6.45) is 1.37. The molecule has 1 fully saturated rings. The molecular weight excluding hydrogens is 246 g/mol. The van der Waals surface area contributed by atoms with Gasteiger partial charge in [0.25, 0.3) is 0 Å². The van der Waals surface area contributed by atoms with E-state index >= 15 is 0 Å². The Bertz CT molecular complexity index is 410. The van der Waals surface area contributed by atoms with Gasteiger partial charge >= 0.3 is 5.97 Å². The predicted octanol–water partition coefficient (Wildman–Crippen LogP) is -0.208. The first kappa shape index (κ1) is 14.0. The molecule has 1 aliphatic rings. The third-order valence-electron chi connectivity index (χ3n) is 3.19. The number of hydrogen-bond donors (Lipinski definition) is 2. The molecule has 0 bridgehead atoms. The number of hydrogen-bond acceptors (Lipinski definition) is 4. The van der Waals surface area contributed by atoms with E-state index in [1.807, 2.05) is 0 Å². The van der Waals surface area contributed by atoms with Crippen LogP contribution >= 0.6 is 0 Å². The molecule has 0 aliphatic heterocycles. The lowest BCUT2D eigenvalue weighted by molar-refractivity contribution is -0.162. The van der Waals surface area contributed by atoms with Crippen molar-refractivity contribution in [1.82, 2.24) is 5.32 Å². The predicted molar refractivity (Wildman–Crippen MR) is 61.3 cm³/mol. The summed E-state index contributed by atoms with van der Waals surface area (Å²) in [5.41, 5.74) is -1.32. The Labute approximate surface area is 100 Å². The molecule has 0 atom stereocenters. The van der Waals surface area contributed by atoms with Crippen molar-refractivity contribution in [3.8, 4) is 0 Å². The second-order valence-electron chi connectivity index (χ2n) is 4.23. The molecule has 1 rings (SSSR count). The zero-order valence-corrected chi connectivity index (χ0v) is 10.5. The number of carboxylic acid groups (broad SMARTS) is 1. The highest BCUT2D eigenvalue weighted by Crippen LogP contribution is 2.41. The molecule has 0 spiro atoms. The Hall–Kier alpha value is -1.11. The molecule has 98 valence electrons. The van der Waals surface area contributed by atoms with Gasteiger partial charge in [-0.25, -0.2) is 8.42 Å². The average Bonchev–Trinajstić information content (AvgIpc) is 2.15. The quantitative estimate of drug-likeness (QED) is 0.646. The first-order chi connectivity index (χ1) is 7.84. The monoisotopic (exact) mass is 263 g/mol. The number of carbonyl (C=O) groups excluding carboxylic acids is 1. The summed E-state index contributed by atoms with van der Waals surface area (Å²) in [6.45, 7) is 1.51. The highest BCUT2D eigenvalue weighted by atomic mass is 32.2. The Morgan fingerprint density at radius 3 is 2.29 bits per heavy atom. The van der Waals surface area contributed by atoms with Crippen molar-refractivity contribution in [2.24, 2.45) is 5.41 Å². The van der Waals surface area contributed by atoms with Gasteiger partial charge in [-0.2, -0.15) is 0 Å². The average molecular weight is 263 g/mol. The Morgan fingerprint density at radius 2 is 1.94 bits per heavy atom. The highest BCUT2D eigenvalue weighted by Gasteiger charge is 2.50. The molecule has 0 aromatic heterocycles. The number of sulfone groups is 1. The van der Waals surface area contributed by atoms with Gasteiger partial charge in [0.15, 0.2) is 9.84 Å². The molecule has 0 radical (unpaired) electrons. The summed E-state index contributed by atoms with van der Waals surface area (Å²) in [4.78, 5) is 22.7. The fourth-order valence-electron chi connectivity index (χ4n) is 1.70. The first-order valence-electron chi connectivity index (χ1n) is 5.56. The lowest BCUT2D eigenvalue weighted by atomic mass is 9.68. The summed E-state index contributed by atoms with van der Waals surface area (Å²) < 4.78 is 22.4. The lowest BCUT2D eigenvalue weighted by Crippen LogP contribution is -2.51. The van der Waals surface area contributed by atoms with Gasteiger partial charge in [0.05, 0.1) is 5.75 Å². The van der Waals surface area contributed by atoms with Crippen LogP contribution in [0.25, 0.3) is 0 Å². The molecule has 1 saturated carbocycles. The zero-order valence-electron chi connectivity index (χ0n) is 9.73. The van der Waals surface area contributed by atoms with Crippen LogP contribution < -0.4 is 5.32 Å². The summed E-state index contributed by atoms with van der Waals surface area (Å²) in [7, 11) is -3.13. The molecule has 0 heterocycles. The Morgan fingerprint density at radius 1 is 1.35 bits per heavy atom. The van der Waals surface area contributed by atoms with Gasteiger partial charge in [0, 0.05) is 12.3 Å². The standard InChI is InChI=1S/C10H17NO5S/c1-2-17(15,16)7-6-11-8(12)10(9(13)14)4-3-5-10/h2-7H2,1H3,(H,11,12)(H,13,14). The van der Waals surface area contributed by atoms with E-state index in [4.69, 9.17) is 5.11 Å². The Kier molecular flexibility index (Phi) is 4.13. The minimum absolute atomic E-state index is 0.0208. The minimum atomic E-state index is -3.13. The maximum atomic E-state index is 11.7. The van der Waals surface area contributed by atoms with Crippen molar-refractivity contribution in [2.45, 2.75) is 26.2 Å². The van der Waals surface area contributed by atoms with Gasteiger partial charge in [-0.3, -0.25) is 9.59 Å². The van der Waals surface area contributed by atoms with Gasteiger partial charge in [-0.1, -0.05) is 13.3 Å². The lowest BCUT2D eigenvalue weighted by Gasteiger charge is -2.35. The van der Waals surface area contributed by atoms with Crippen LogP contribution in [-0.2, 0) is 19.4 Å². The third-order valence-corrected chi connectivity index (χ3v) is 4.90. The van der Waals surface area contributed by atoms with Crippen LogP contribution in [0.1, 0.15) is 26.2 Å². The molecule has 1 amide bonds. The number of carboxylic acids is 1. The van der Waals surface area contributed by atoms with E-state index in [1.54, 1.807) is 0 Å². The number of aliphatic carboxylic acids is 1. The van der Waals surface area contributed by atoms with Crippen molar-refractivity contribution in [3.05, 3.63) is 0 Å². The van der Waals surface area contributed by atoms with Crippen LogP contribution in [0.5, 0.6) is 0 Å². The molecular formula is C10H17NO5S. The molecule has 0 aromatic carbocycles. The van der Waals surface area contributed by atoms with Crippen molar-refractivity contribution in [2.75, 3.05) is 18.1 Å². The van der Waals surface area contributed by atoms with Gasteiger partial charge in [-0.15, -0.1) is 0 Å². The summed E-state index contributed by atoms with van der Waals surface area (Å²) in [6, 6.07) is 0. The van der Waals surface area contributed by atoms with E-state index in [9.17, 15) is 18.0 Å². The highest BCUT2D eigenvalue weighted by molar-refractivity contribution is 7.91. The third kappa shape index (κ3) is 2.96. The maximum absolute atomic E-state index is 11.7. The van der Waals surface area contributed by atoms with Crippen LogP contribution in [0, 0.1) is 5.41 Å². The smallest absolute Gasteiger partial charge is 0.319 e. The van der Waals surface area contributed by atoms with Crippen molar-refractivity contribution >= 4 is 21.7 Å². The van der Waals surface area contributed by atoms with Crippen molar-refractivity contribution in [3.63, 3.8) is 0 Å².